The number of benzene rings is 2. The van der Waals surface area contributed by atoms with Crippen LogP contribution in [0.15, 0.2) is 51.3 Å². The molecule has 3 heterocycles. The molecule has 2 aliphatic rings. The second-order valence-electron chi connectivity index (χ2n) is 7.61. The van der Waals surface area contributed by atoms with Crippen LogP contribution in [0.2, 0.25) is 0 Å². The number of methoxy groups -OCH3 is 1. The Hall–Kier alpha value is -4.42. The van der Waals surface area contributed by atoms with Crippen molar-refractivity contribution in [2.24, 2.45) is 10.3 Å². The van der Waals surface area contributed by atoms with Crippen LogP contribution in [0.4, 0.5) is 14.5 Å². The zero-order valence-electron chi connectivity index (χ0n) is 18.5. The quantitative estimate of drug-likeness (QED) is 0.469. The van der Waals surface area contributed by atoms with Crippen LogP contribution in [-0.4, -0.2) is 52.8 Å². The molecule has 180 valence electrons. The first kappa shape index (κ1) is 22.4. The Labute approximate surface area is 196 Å². The summed E-state index contributed by atoms with van der Waals surface area (Å²) in [5.74, 6) is -2.17. The summed E-state index contributed by atoms with van der Waals surface area (Å²) in [5.41, 5.74) is 0.519. The van der Waals surface area contributed by atoms with Crippen molar-refractivity contribution >= 4 is 17.5 Å². The van der Waals surface area contributed by atoms with Crippen LogP contribution < -0.4 is 14.4 Å². The standard InChI is InChI=1S/C22H18F2N6O5/c1-3-34-15-7-4-11(8-16(15)33-2)20-25-17(35-27-20)10-29-19-18(26-28-29)21(31)30(22(19)32)12-5-6-13(23)14(24)9-12/h4-9,18-19H,3,10H2,1-2H3/t18-,19+/m0/s1. The SMILES string of the molecule is CCOc1ccc(-c2noc(CN3N=N[C@@H]4C(=O)N(c5ccc(F)c(F)c5)C(=O)[C@@H]43)n2)cc1OC. The predicted octanol–water partition coefficient (Wildman–Crippen LogP) is 2.92. The van der Waals surface area contributed by atoms with E-state index >= 15 is 0 Å². The molecule has 0 radical (unpaired) electrons. The average molecular weight is 484 g/mol. The summed E-state index contributed by atoms with van der Waals surface area (Å²) < 4.78 is 43.1. The van der Waals surface area contributed by atoms with Gasteiger partial charge in [-0.2, -0.15) is 10.1 Å². The van der Waals surface area contributed by atoms with E-state index < -0.39 is 35.5 Å². The third-order valence-corrected chi connectivity index (χ3v) is 5.51. The van der Waals surface area contributed by atoms with Gasteiger partial charge in [0.05, 0.1) is 19.4 Å². The van der Waals surface area contributed by atoms with Gasteiger partial charge in [-0.15, -0.1) is 0 Å². The maximum Gasteiger partial charge on any atom is 0.263 e. The summed E-state index contributed by atoms with van der Waals surface area (Å²) in [6.07, 6.45) is 0. The highest BCUT2D eigenvalue weighted by atomic mass is 19.2. The minimum absolute atomic E-state index is 0.0898. The van der Waals surface area contributed by atoms with Crippen molar-refractivity contribution < 1.29 is 32.4 Å². The molecule has 1 saturated heterocycles. The Balaban J connectivity index is 1.34. The fourth-order valence-corrected chi connectivity index (χ4v) is 3.89. The third-order valence-electron chi connectivity index (χ3n) is 5.51. The molecule has 2 aliphatic heterocycles. The minimum Gasteiger partial charge on any atom is -0.493 e. The lowest BCUT2D eigenvalue weighted by Gasteiger charge is -2.19. The van der Waals surface area contributed by atoms with Crippen molar-refractivity contribution in [1.29, 1.82) is 0 Å². The van der Waals surface area contributed by atoms with E-state index in [1.165, 1.54) is 12.1 Å². The lowest BCUT2D eigenvalue weighted by atomic mass is 10.1. The zero-order valence-corrected chi connectivity index (χ0v) is 18.5. The number of hydrogen-bond acceptors (Lipinski definition) is 10. The number of rotatable bonds is 7. The second-order valence-corrected chi connectivity index (χ2v) is 7.61. The number of hydrogen-bond donors (Lipinski definition) is 0. The number of fused-ring (bicyclic) bond motifs is 1. The topological polar surface area (TPSA) is 123 Å². The largest absolute Gasteiger partial charge is 0.493 e. The fraction of sp³-hybridized carbons (Fsp3) is 0.273. The Morgan fingerprint density at radius 3 is 2.63 bits per heavy atom. The number of aromatic nitrogens is 2. The Morgan fingerprint density at radius 1 is 1.06 bits per heavy atom. The molecule has 0 unspecified atom stereocenters. The van der Waals surface area contributed by atoms with Crippen LogP contribution in [0.5, 0.6) is 11.5 Å². The van der Waals surface area contributed by atoms with Crippen LogP contribution >= 0.6 is 0 Å². The van der Waals surface area contributed by atoms with Gasteiger partial charge in [0.1, 0.15) is 6.54 Å². The van der Waals surface area contributed by atoms with Crippen molar-refractivity contribution in [3.63, 3.8) is 0 Å². The molecule has 3 aromatic rings. The molecule has 0 spiro atoms. The van der Waals surface area contributed by atoms with Crippen LogP contribution in [-0.2, 0) is 16.1 Å². The van der Waals surface area contributed by atoms with E-state index in [0.29, 0.717) is 23.7 Å². The zero-order chi connectivity index (χ0) is 24.7. The Kier molecular flexibility index (Phi) is 5.59. The van der Waals surface area contributed by atoms with E-state index in [-0.39, 0.29) is 23.9 Å². The van der Waals surface area contributed by atoms with Gasteiger partial charge in [0, 0.05) is 11.6 Å². The number of imide groups is 1. The molecule has 0 aliphatic carbocycles. The number of anilines is 1. The highest BCUT2D eigenvalue weighted by molar-refractivity contribution is 6.25. The van der Waals surface area contributed by atoms with Gasteiger partial charge in [-0.05, 0) is 37.3 Å². The van der Waals surface area contributed by atoms with Gasteiger partial charge in [0.2, 0.25) is 11.7 Å². The first-order chi connectivity index (χ1) is 16.9. The maximum absolute atomic E-state index is 13.7. The molecule has 5 rings (SSSR count). The van der Waals surface area contributed by atoms with Gasteiger partial charge in [-0.3, -0.25) is 14.6 Å². The van der Waals surface area contributed by atoms with Crippen LogP contribution in [0.25, 0.3) is 11.4 Å². The van der Waals surface area contributed by atoms with Crippen molar-refractivity contribution in [2.75, 3.05) is 18.6 Å². The molecular weight excluding hydrogens is 466 g/mol. The Morgan fingerprint density at radius 2 is 1.89 bits per heavy atom. The van der Waals surface area contributed by atoms with Crippen LogP contribution in [0, 0.1) is 11.6 Å². The molecule has 1 aromatic heterocycles. The van der Waals surface area contributed by atoms with Crippen molar-refractivity contribution in [3.05, 3.63) is 53.9 Å². The van der Waals surface area contributed by atoms with E-state index in [9.17, 15) is 18.4 Å². The molecule has 2 amide bonds. The molecule has 35 heavy (non-hydrogen) atoms. The molecule has 2 aromatic carbocycles. The van der Waals surface area contributed by atoms with Crippen LogP contribution in [0.1, 0.15) is 12.8 Å². The Bertz CT molecular complexity index is 1350. The van der Waals surface area contributed by atoms with Gasteiger partial charge >= 0.3 is 0 Å². The smallest absolute Gasteiger partial charge is 0.263 e. The maximum atomic E-state index is 13.7. The minimum atomic E-state index is -1.18. The van der Waals surface area contributed by atoms with Gasteiger partial charge in [0.15, 0.2) is 35.2 Å². The number of amides is 2. The van der Waals surface area contributed by atoms with Crippen molar-refractivity contribution in [2.45, 2.75) is 25.6 Å². The van der Waals surface area contributed by atoms with E-state index in [0.717, 1.165) is 23.1 Å². The van der Waals surface area contributed by atoms with Gasteiger partial charge in [0.25, 0.3) is 11.8 Å². The highest BCUT2D eigenvalue weighted by Crippen LogP contribution is 2.34. The van der Waals surface area contributed by atoms with E-state index in [2.05, 4.69) is 20.5 Å². The van der Waals surface area contributed by atoms with E-state index in [1.807, 2.05) is 6.92 Å². The molecule has 1 fully saturated rings. The number of nitrogens with zero attached hydrogens (tertiary/aromatic N) is 6. The number of carbonyl (C=O) groups excluding carboxylic acids is 2. The highest BCUT2D eigenvalue weighted by Gasteiger charge is 2.55. The third kappa shape index (κ3) is 3.84. The normalized spacial score (nSPS) is 19.0. The fourth-order valence-electron chi connectivity index (χ4n) is 3.89. The summed E-state index contributed by atoms with van der Waals surface area (Å²) in [4.78, 5) is 30.9. The van der Waals surface area contributed by atoms with E-state index in [1.54, 1.807) is 18.2 Å². The van der Waals surface area contributed by atoms with Crippen molar-refractivity contribution in [1.82, 2.24) is 15.1 Å². The average Bonchev–Trinajstić information content (AvgIpc) is 3.54. The summed E-state index contributed by atoms with van der Waals surface area (Å²) in [6, 6.07) is 5.74. The first-order valence-electron chi connectivity index (χ1n) is 10.5. The number of carbonyl (C=O) groups is 2. The summed E-state index contributed by atoms with van der Waals surface area (Å²) in [7, 11) is 1.52. The van der Waals surface area contributed by atoms with Gasteiger partial charge < -0.3 is 14.0 Å². The monoisotopic (exact) mass is 484 g/mol. The molecule has 0 saturated carbocycles. The molecule has 0 N–H and O–H groups in total. The lowest BCUT2D eigenvalue weighted by molar-refractivity contribution is -0.123. The number of halogens is 2. The second kappa shape index (κ2) is 8.74. The summed E-state index contributed by atoms with van der Waals surface area (Å²) in [5, 5.41) is 13.0. The lowest BCUT2D eigenvalue weighted by Crippen LogP contribution is -2.39. The molecule has 0 bridgehead atoms. The first-order valence-corrected chi connectivity index (χ1v) is 10.5. The number of ether oxygens (including phenoxy) is 2. The summed E-state index contributed by atoms with van der Waals surface area (Å²) in [6.45, 7) is 2.23. The summed E-state index contributed by atoms with van der Waals surface area (Å²) >= 11 is 0. The molecule has 13 heteroatoms. The van der Waals surface area contributed by atoms with E-state index in [4.69, 9.17) is 14.0 Å². The molecule has 2 atom stereocenters. The molecular formula is C22H18F2N6O5. The van der Waals surface area contributed by atoms with Gasteiger partial charge in [-0.1, -0.05) is 10.4 Å². The van der Waals surface area contributed by atoms with Crippen molar-refractivity contribution in [3.8, 4) is 22.9 Å². The molecule has 11 nitrogen and oxygen atoms in total. The van der Waals surface area contributed by atoms with Gasteiger partial charge in [-0.25, -0.2) is 13.7 Å². The van der Waals surface area contributed by atoms with Crippen LogP contribution in [0.3, 0.4) is 0 Å². The predicted molar refractivity (Wildman–Crippen MR) is 114 cm³/mol.